The molecule has 2 N–H and O–H groups in total. The molecule has 2 heterocycles. The van der Waals surface area contributed by atoms with Gasteiger partial charge >= 0.3 is 0 Å². The summed E-state index contributed by atoms with van der Waals surface area (Å²) in [7, 11) is 0. The van der Waals surface area contributed by atoms with E-state index in [-0.39, 0.29) is 28.5 Å². The third-order valence-corrected chi connectivity index (χ3v) is 7.47. The Morgan fingerprint density at radius 1 is 0.892 bits per heavy atom. The largest absolute Gasteiger partial charge is 0.506 e. The number of nitrogens with zero attached hydrogens (tertiary/aromatic N) is 3. The van der Waals surface area contributed by atoms with Crippen LogP contribution in [0.15, 0.2) is 72.8 Å². The van der Waals surface area contributed by atoms with Gasteiger partial charge in [0.05, 0.1) is 17.5 Å². The van der Waals surface area contributed by atoms with Crippen molar-refractivity contribution in [3.8, 4) is 16.9 Å². The number of hydrogen-bond donors (Lipinski definition) is 2. The summed E-state index contributed by atoms with van der Waals surface area (Å²) in [6.45, 7) is 4.57. The van der Waals surface area contributed by atoms with Gasteiger partial charge in [0, 0.05) is 44.1 Å². The normalized spacial score (nSPS) is 18.1. The Hall–Kier alpha value is -3.55. The number of nitrogens with one attached hydrogen (secondary N) is 1. The number of halogens is 1. The van der Waals surface area contributed by atoms with Crippen LogP contribution >= 0.6 is 11.6 Å². The highest BCUT2D eigenvalue weighted by Gasteiger charge is 2.31. The Kier molecular flexibility index (Phi) is 7.63. The fourth-order valence-electron chi connectivity index (χ4n) is 5.04. The smallest absolute Gasteiger partial charge is 0.236 e. The third-order valence-electron chi connectivity index (χ3n) is 7.17. The van der Waals surface area contributed by atoms with Crippen molar-refractivity contribution >= 4 is 34.8 Å². The minimum absolute atomic E-state index is 0.0215. The zero-order valence-corrected chi connectivity index (χ0v) is 21.4. The molecule has 2 aliphatic rings. The van der Waals surface area contributed by atoms with E-state index in [0.717, 1.165) is 13.1 Å². The number of aromatic hydroxyl groups is 1. The first-order valence-electron chi connectivity index (χ1n) is 12.7. The molecule has 2 fully saturated rings. The first-order chi connectivity index (χ1) is 18.0. The zero-order valence-electron chi connectivity index (χ0n) is 20.6. The monoisotopic (exact) mass is 518 g/mol. The standard InChI is InChI=1S/C29H31ClN4O3/c30-26-18-24(9-10-27(26)35)31-29(37)23-11-12-32(19-23)20-28(36)34-15-13-33(14-16-34)25-8-4-7-22(17-25)21-5-2-1-3-6-21/h1-10,17-18,23,35H,11-16,19-20H2,(H,31,37)/t23-/m1/s1. The maximum absolute atomic E-state index is 13.0. The van der Waals surface area contributed by atoms with Gasteiger partial charge in [-0.25, -0.2) is 0 Å². The first-order valence-corrected chi connectivity index (χ1v) is 13.0. The third kappa shape index (κ3) is 6.06. The van der Waals surface area contributed by atoms with Gasteiger partial charge in [0.2, 0.25) is 11.8 Å². The van der Waals surface area contributed by atoms with Gasteiger partial charge in [0.25, 0.3) is 0 Å². The van der Waals surface area contributed by atoms with Crippen LogP contribution in [0.5, 0.6) is 5.75 Å². The molecule has 2 amide bonds. The second-order valence-electron chi connectivity index (χ2n) is 9.66. The van der Waals surface area contributed by atoms with Crippen molar-refractivity contribution in [1.29, 1.82) is 0 Å². The predicted molar refractivity (Wildman–Crippen MR) is 147 cm³/mol. The van der Waals surface area contributed by atoms with Crippen molar-refractivity contribution in [2.45, 2.75) is 6.42 Å². The number of likely N-dealkylation sites (tertiary alicyclic amines) is 1. The molecule has 5 rings (SSSR count). The molecular formula is C29H31ClN4O3. The molecule has 0 unspecified atom stereocenters. The minimum Gasteiger partial charge on any atom is -0.506 e. The summed E-state index contributed by atoms with van der Waals surface area (Å²) >= 11 is 5.93. The van der Waals surface area contributed by atoms with E-state index in [2.05, 4.69) is 51.5 Å². The van der Waals surface area contributed by atoms with E-state index in [4.69, 9.17) is 11.6 Å². The van der Waals surface area contributed by atoms with E-state index in [1.54, 1.807) is 6.07 Å². The van der Waals surface area contributed by atoms with Crippen molar-refractivity contribution in [3.05, 3.63) is 77.8 Å². The number of benzene rings is 3. The fourth-order valence-corrected chi connectivity index (χ4v) is 5.22. The van der Waals surface area contributed by atoms with Crippen LogP contribution in [0, 0.1) is 5.92 Å². The van der Waals surface area contributed by atoms with E-state index in [1.807, 2.05) is 23.1 Å². The maximum atomic E-state index is 13.0. The predicted octanol–water partition coefficient (Wildman–Crippen LogP) is 4.32. The van der Waals surface area contributed by atoms with Crippen molar-refractivity contribution < 1.29 is 14.7 Å². The average Bonchev–Trinajstić information content (AvgIpc) is 3.40. The fraction of sp³-hybridized carbons (Fsp3) is 0.310. The first kappa shape index (κ1) is 25.1. The van der Waals surface area contributed by atoms with Crippen LogP contribution in [0.4, 0.5) is 11.4 Å². The van der Waals surface area contributed by atoms with E-state index in [0.29, 0.717) is 44.8 Å². The molecule has 0 saturated carbocycles. The lowest BCUT2D eigenvalue weighted by atomic mass is 10.0. The molecule has 192 valence electrons. The van der Waals surface area contributed by atoms with Gasteiger partial charge in [0.1, 0.15) is 5.75 Å². The number of carbonyl (C=O) groups excluding carboxylic acids is 2. The zero-order chi connectivity index (χ0) is 25.8. The molecule has 3 aromatic rings. The van der Waals surface area contributed by atoms with Gasteiger partial charge in [-0.3, -0.25) is 14.5 Å². The molecule has 1 atom stereocenters. The Morgan fingerprint density at radius 3 is 2.41 bits per heavy atom. The molecule has 0 spiro atoms. The summed E-state index contributed by atoms with van der Waals surface area (Å²) in [5.74, 6) is -0.187. The quantitative estimate of drug-likeness (QED) is 0.475. The van der Waals surface area contributed by atoms with Gasteiger partial charge in [-0.1, -0.05) is 54.1 Å². The van der Waals surface area contributed by atoms with Crippen LogP contribution in [0.25, 0.3) is 11.1 Å². The van der Waals surface area contributed by atoms with Crippen LogP contribution in [0.1, 0.15) is 6.42 Å². The van der Waals surface area contributed by atoms with Gasteiger partial charge in [0.15, 0.2) is 0 Å². The molecule has 0 bridgehead atoms. The topological polar surface area (TPSA) is 76.1 Å². The van der Waals surface area contributed by atoms with Gasteiger partial charge < -0.3 is 20.2 Å². The minimum atomic E-state index is -0.186. The van der Waals surface area contributed by atoms with Gasteiger partial charge in [-0.15, -0.1) is 0 Å². The number of piperazine rings is 1. The van der Waals surface area contributed by atoms with E-state index >= 15 is 0 Å². The maximum Gasteiger partial charge on any atom is 0.236 e. The number of anilines is 2. The summed E-state index contributed by atoms with van der Waals surface area (Å²) in [4.78, 5) is 32.0. The van der Waals surface area contributed by atoms with E-state index in [9.17, 15) is 14.7 Å². The van der Waals surface area contributed by atoms with Crippen molar-refractivity contribution in [2.24, 2.45) is 5.92 Å². The lowest BCUT2D eigenvalue weighted by molar-refractivity contribution is -0.132. The van der Waals surface area contributed by atoms with Gasteiger partial charge in [-0.05, 0) is 54.4 Å². The summed E-state index contributed by atoms with van der Waals surface area (Å²) in [6.07, 6.45) is 0.705. The molecule has 8 heteroatoms. The highest BCUT2D eigenvalue weighted by Crippen LogP contribution is 2.28. The van der Waals surface area contributed by atoms with Crippen LogP contribution in [0.3, 0.4) is 0 Å². The molecule has 2 saturated heterocycles. The lowest BCUT2D eigenvalue weighted by Gasteiger charge is -2.37. The van der Waals surface area contributed by atoms with E-state index in [1.165, 1.54) is 28.9 Å². The Morgan fingerprint density at radius 2 is 1.65 bits per heavy atom. The molecule has 0 aromatic heterocycles. The summed E-state index contributed by atoms with van der Waals surface area (Å²) < 4.78 is 0. The lowest BCUT2D eigenvalue weighted by Crippen LogP contribution is -2.51. The molecule has 3 aromatic carbocycles. The van der Waals surface area contributed by atoms with Gasteiger partial charge in [-0.2, -0.15) is 0 Å². The van der Waals surface area contributed by atoms with Crippen LogP contribution in [-0.2, 0) is 9.59 Å². The number of hydrogen-bond acceptors (Lipinski definition) is 5. The molecule has 2 aliphatic heterocycles. The van der Waals surface area contributed by atoms with Crippen LogP contribution in [-0.4, -0.2) is 72.5 Å². The number of rotatable bonds is 6. The Bertz CT molecular complexity index is 1260. The second kappa shape index (κ2) is 11.2. The Labute approximate surface area is 222 Å². The summed E-state index contributed by atoms with van der Waals surface area (Å²) in [6, 6.07) is 23.5. The number of amides is 2. The summed E-state index contributed by atoms with van der Waals surface area (Å²) in [5.41, 5.74) is 4.12. The van der Waals surface area contributed by atoms with Crippen molar-refractivity contribution in [2.75, 3.05) is 56.0 Å². The highest BCUT2D eigenvalue weighted by atomic mass is 35.5. The highest BCUT2D eigenvalue weighted by molar-refractivity contribution is 6.32. The molecule has 37 heavy (non-hydrogen) atoms. The van der Waals surface area contributed by atoms with Crippen LogP contribution < -0.4 is 10.2 Å². The SMILES string of the molecule is O=C(Nc1ccc(O)c(Cl)c1)[C@@H]1CCN(CC(=O)N2CCN(c3cccc(-c4ccccc4)c3)CC2)C1. The van der Waals surface area contributed by atoms with Crippen molar-refractivity contribution in [3.63, 3.8) is 0 Å². The molecular weight excluding hydrogens is 488 g/mol. The Balaban J connectivity index is 1.09. The molecule has 7 nitrogen and oxygen atoms in total. The number of carbonyl (C=O) groups is 2. The van der Waals surface area contributed by atoms with Crippen LogP contribution in [0.2, 0.25) is 5.02 Å². The van der Waals surface area contributed by atoms with Crippen molar-refractivity contribution in [1.82, 2.24) is 9.80 Å². The second-order valence-corrected chi connectivity index (χ2v) is 10.1. The summed E-state index contributed by atoms with van der Waals surface area (Å²) in [5, 5.41) is 12.6. The number of phenolic OH excluding ortho intramolecular Hbond substituents is 1. The molecule has 0 radical (unpaired) electrons. The molecule has 0 aliphatic carbocycles. The number of phenols is 1. The van der Waals surface area contributed by atoms with E-state index < -0.39 is 0 Å². The average molecular weight is 519 g/mol.